The maximum absolute atomic E-state index is 13.6. The van der Waals surface area contributed by atoms with Gasteiger partial charge in [-0.25, -0.2) is 16.8 Å². The van der Waals surface area contributed by atoms with E-state index in [1.165, 1.54) is 50.6 Å². The van der Waals surface area contributed by atoms with Crippen LogP contribution in [0.3, 0.4) is 0 Å². The van der Waals surface area contributed by atoms with E-state index in [4.69, 9.17) is 9.47 Å². The first-order valence-corrected chi connectivity index (χ1v) is 16.6. The van der Waals surface area contributed by atoms with Crippen LogP contribution in [0.15, 0.2) is 107 Å². The lowest BCUT2D eigenvalue weighted by molar-refractivity contribution is 0.102. The van der Waals surface area contributed by atoms with Gasteiger partial charge in [-0.2, -0.15) is 0 Å². The quantitative estimate of drug-likeness (QED) is 0.262. The monoisotopic (exact) mass is 636 g/mol. The number of morpholine rings is 1. The third-order valence-corrected chi connectivity index (χ3v) is 10.2. The van der Waals surface area contributed by atoms with Crippen LogP contribution < -0.4 is 24.0 Å². The highest BCUT2D eigenvalue weighted by Crippen LogP contribution is 2.33. The van der Waals surface area contributed by atoms with Gasteiger partial charge in [-0.1, -0.05) is 36.4 Å². The number of benzene rings is 4. The average Bonchev–Trinajstić information content (AvgIpc) is 3.05. The molecule has 0 saturated carbocycles. The van der Waals surface area contributed by atoms with Gasteiger partial charge in [0.05, 0.1) is 52.9 Å². The zero-order chi connectivity index (χ0) is 31.3. The van der Waals surface area contributed by atoms with E-state index in [9.17, 15) is 21.6 Å². The molecule has 1 saturated heterocycles. The summed E-state index contributed by atoms with van der Waals surface area (Å²) in [4.78, 5) is 15.4. The molecule has 1 amide bonds. The molecule has 0 spiro atoms. The van der Waals surface area contributed by atoms with Crippen molar-refractivity contribution in [2.24, 2.45) is 0 Å². The fourth-order valence-electron chi connectivity index (χ4n) is 4.72. The van der Waals surface area contributed by atoms with Gasteiger partial charge < -0.3 is 19.7 Å². The minimum absolute atomic E-state index is 0.0674. The molecule has 13 heteroatoms. The summed E-state index contributed by atoms with van der Waals surface area (Å²) in [5.74, 6) is -0.256. The Morgan fingerprint density at radius 2 is 1.52 bits per heavy atom. The number of anilines is 4. The minimum Gasteiger partial charge on any atom is -0.495 e. The molecule has 0 unspecified atom stereocenters. The van der Waals surface area contributed by atoms with Crippen LogP contribution in [0.4, 0.5) is 22.7 Å². The van der Waals surface area contributed by atoms with Crippen LogP contribution in [0.25, 0.3) is 0 Å². The third-order valence-electron chi connectivity index (χ3n) is 7.10. The molecule has 2 N–H and O–H groups in total. The van der Waals surface area contributed by atoms with Crippen molar-refractivity contribution in [2.75, 3.05) is 59.7 Å². The van der Waals surface area contributed by atoms with Crippen molar-refractivity contribution in [1.29, 1.82) is 0 Å². The predicted molar refractivity (Wildman–Crippen MR) is 170 cm³/mol. The van der Waals surface area contributed by atoms with Crippen LogP contribution in [0.2, 0.25) is 0 Å². The molecule has 0 aromatic heterocycles. The first-order valence-electron chi connectivity index (χ1n) is 13.7. The van der Waals surface area contributed by atoms with Crippen molar-refractivity contribution >= 4 is 48.7 Å². The van der Waals surface area contributed by atoms with Gasteiger partial charge in [0.1, 0.15) is 5.75 Å². The van der Waals surface area contributed by atoms with Crippen LogP contribution in [-0.2, 0) is 24.8 Å². The molecule has 0 bridgehead atoms. The second kappa shape index (κ2) is 13.0. The predicted octanol–water partition coefficient (Wildman–Crippen LogP) is 4.41. The van der Waals surface area contributed by atoms with Crippen LogP contribution in [0, 0.1) is 0 Å². The number of carbonyl (C=O) groups excluding carboxylic acids is 1. The molecule has 1 aliphatic heterocycles. The highest BCUT2D eigenvalue weighted by Gasteiger charge is 2.25. The Balaban J connectivity index is 1.47. The number of amides is 1. The molecular weight excluding hydrogens is 604 g/mol. The molecule has 0 radical (unpaired) electrons. The van der Waals surface area contributed by atoms with Gasteiger partial charge in [-0.05, 0) is 60.7 Å². The molecule has 44 heavy (non-hydrogen) atoms. The number of ether oxygens (including phenoxy) is 2. The van der Waals surface area contributed by atoms with Crippen LogP contribution in [-0.4, -0.2) is 63.2 Å². The smallest absolute Gasteiger partial charge is 0.264 e. The molecule has 4 aromatic rings. The maximum atomic E-state index is 13.6. The average molecular weight is 637 g/mol. The molecule has 1 heterocycles. The van der Waals surface area contributed by atoms with E-state index in [0.717, 1.165) is 4.31 Å². The second-order valence-corrected chi connectivity index (χ2v) is 13.5. The number of nitrogens with one attached hydrogen (secondary N) is 2. The van der Waals surface area contributed by atoms with Crippen LogP contribution in [0.1, 0.15) is 10.4 Å². The maximum Gasteiger partial charge on any atom is 0.264 e. The van der Waals surface area contributed by atoms with Crippen molar-refractivity contribution in [3.8, 4) is 5.75 Å². The number of methoxy groups -OCH3 is 1. The number of carbonyl (C=O) groups is 1. The zero-order valence-corrected chi connectivity index (χ0v) is 25.8. The normalized spacial score (nSPS) is 13.6. The Bertz CT molecular complexity index is 1860. The van der Waals surface area contributed by atoms with Gasteiger partial charge >= 0.3 is 0 Å². The number of nitrogens with zero attached hydrogens (tertiary/aromatic N) is 2. The molecule has 11 nitrogen and oxygen atoms in total. The Labute approximate surface area is 257 Å². The first kappa shape index (κ1) is 30.9. The minimum atomic E-state index is -4.09. The Hall–Kier alpha value is -4.59. The van der Waals surface area contributed by atoms with Crippen molar-refractivity contribution in [3.05, 3.63) is 103 Å². The van der Waals surface area contributed by atoms with Gasteiger partial charge in [-0.3, -0.25) is 13.8 Å². The molecular formula is C31H32N4O7S2. The van der Waals surface area contributed by atoms with E-state index in [1.54, 1.807) is 60.7 Å². The SMILES string of the molecule is COc1ccccc1NS(=O)(=O)c1ccc(N2CCOCC2)c(NC(=O)c2cccc(S(=O)(=O)N(C)c3ccccc3)c2)c1. The molecule has 0 aliphatic carbocycles. The standard InChI is InChI=1S/C31H32N4O7S2/c1-34(24-10-4-3-5-11-24)44(39,40)26-12-8-9-23(21-26)31(36)32-28-22-25(15-16-29(28)35-17-19-42-20-18-35)43(37,38)33-27-13-6-7-14-30(27)41-2/h3-16,21-22,33H,17-20H2,1-2H3,(H,32,36). The van der Waals surface area contributed by atoms with Gasteiger partial charge in [0.2, 0.25) is 0 Å². The fraction of sp³-hybridized carbons (Fsp3) is 0.194. The van der Waals surface area contributed by atoms with E-state index in [1.807, 2.05) is 4.90 Å². The summed E-state index contributed by atoms with van der Waals surface area (Å²) in [6.45, 7) is 2.01. The molecule has 5 rings (SSSR count). The summed E-state index contributed by atoms with van der Waals surface area (Å²) >= 11 is 0. The van der Waals surface area contributed by atoms with E-state index in [0.29, 0.717) is 43.4 Å². The molecule has 1 fully saturated rings. The van der Waals surface area contributed by atoms with Crippen LogP contribution >= 0.6 is 0 Å². The van der Waals surface area contributed by atoms with Crippen molar-refractivity contribution < 1.29 is 31.1 Å². The van der Waals surface area contributed by atoms with Crippen molar-refractivity contribution in [1.82, 2.24) is 0 Å². The lowest BCUT2D eigenvalue weighted by Crippen LogP contribution is -2.36. The second-order valence-electron chi connectivity index (χ2n) is 9.87. The summed E-state index contributed by atoms with van der Waals surface area (Å²) in [6.07, 6.45) is 0. The van der Waals surface area contributed by atoms with E-state index >= 15 is 0 Å². The number of hydrogen-bond acceptors (Lipinski definition) is 8. The van der Waals surface area contributed by atoms with Gasteiger partial charge in [0.25, 0.3) is 26.0 Å². The van der Waals surface area contributed by atoms with E-state index < -0.39 is 26.0 Å². The summed E-state index contributed by atoms with van der Waals surface area (Å²) in [5.41, 5.74) is 1.66. The summed E-state index contributed by atoms with van der Waals surface area (Å²) < 4.78 is 68.0. The topological polar surface area (TPSA) is 134 Å². The van der Waals surface area contributed by atoms with Crippen molar-refractivity contribution in [3.63, 3.8) is 0 Å². The van der Waals surface area contributed by atoms with Crippen LogP contribution in [0.5, 0.6) is 5.75 Å². The fourth-order valence-corrected chi connectivity index (χ4v) is 7.06. The van der Waals surface area contributed by atoms with Gasteiger partial charge in [-0.15, -0.1) is 0 Å². The number of para-hydroxylation sites is 3. The first-order chi connectivity index (χ1) is 21.1. The molecule has 230 valence electrons. The van der Waals surface area contributed by atoms with Crippen molar-refractivity contribution in [2.45, 2.75) is 9.79 Å². The number of hydrogen-bond donors (Lipinski definition) is 2. The van der Waals surface area contributed by atoms with Gasteiger partial charge in [0, 0.05) is 25.7 Å². The lowest BCUT2D eigenvalue weighted by Gasteiger charge is -2.31. The molecule has 4 aromatic carbocycles. The van der Waals surface area contributed by atoms with Gasteiger partial charge in [0.15, 0.2) is 0 Å². The lowest BCUT2D eigenvalue weighted by atomic mass is 10.2. The highest BCUT2D eigenvalue weighted by molar-refractivity contribution is 7.93. The Morgan fingerprint density at radius 1 is 0.818 bits per heavy atom. The number of sulfonamides is 2. The molecule has 0 atom stereocenters. The summed E-state index contributed by atoms with van der Waals surface area (Å²) in [5, 5.41) is 2.82. The largest absolute Gasteiger partial charge is 0.495 e. The zero-order valence-electron chi connectivity index (χ0n) is 24.1. The Morgan fingerprint density at radius 3 is 2.25 bits per heavy atom. The summed E-state index contributed by atoms with van der Waals surface area (Å²) in [7, 11) is -5.18. The highest BCUT2D eigenvalue weighted by atomic mass is 32.2. The Kier molecular flexibility index (Phi) is 9.09. The van der Waals surface area contributed by atoms with E-state index in [2.05, 4.69) is 10.0 Å². The summed E-state index contributed by atoms with van der Waals surface area (Å²) in [6, 6.07) is 25.4. The number of rotatable bonds is 10. The third kappa shape index (κ3) is 6.64. The van der Waals surface area contributed by atoms with E-state index in [-0.39, 0.29) is 26.7 Å². The molecule has 1 aliphatic rings.